The van der Waals surface area contributed by atoms with Gasteiger partial charge >= 0.3 is 0 Å². The van der Waals surface area contributed by atoms with Crippen LogP contribution in [-0.2, 0) is 0 Å². The number of anilines is 1. The molecular formula is C22H29N7O2. The van der Waals surface area contributed by atoms with Crippen LogP contribution in [0.25, 0.3) is 11.1 Å². The van der Waals surface area contributed by atoms with E-state index in [1.54, 1.807) is 20.2 Å². The Kier molecular flexibility index (Phi) is 5.75. The standard InChI is InChI=1S/C22H29N7O2/c1-14-17(18-19(28-22(2)8-9-22)25-13-26-21(18)31-14)20(30)27-15-6-11-29(12-7-15)16(24-4)5-10-23-3/h5,10,13,15H,4,6-9,11-12H2,1-3H3,(H,27,30)(H,25,26,28)/b16-5+,23-10-. The van der Waals surface area contributed by atoms with Gasteiger partial charge in [-0.25, -0.2) is 15.0 Å². The van der Waals surface area contributed by atoms with E-state index in [2.05, 4.69) is 49.1 Å². The van der Waals surface area contributed by atoms with Crippen molar-refractivity contribution in [2.24, 2.45) is 9.98 Å². The minimum absolute atomic E-state index is 0.0277. The molecule has 1 saturated heterocycles. The van der Waals surface area contributed by atoms with Gasteiger partial charge < -0.3 is 20.0 Å². The van der Waals surface area contributed by atoms with Crippen LogP contribution >= 0.6 is 0 Å². The van der Waals surface area contributed by atoms with E-state index in [-0.39, 0.29) is 17.5 Å². The van der Waals surface area contributed by atoms with Crippen LogP contribution in [0.5, 0.6) is 0 Å². The Morgan fingerprint density at radius 2 is 2.10 bits per heavy atom. The van der Waals surface area contributed by atoms with Gasteiger partial charge in [-0.3, -0.25) is 9.79 Å². The van der Waals surface area contributed by atoms with Gasteiger partial charge in [-0.05, 0) is 52.3 Å². The summed E-state index contributed by atoms with van der Waals surface area (Å²) >= 11 is 0. The topological polar surface area (TPSA) is 108 Å². The van der Waals surface area contributed by atoms with Crippen LogP contribution in [0.3, 0.4) is 0 Å². The van der Waals surface area contributed by atoms with Gasteiger partial charge in [-0.2, -0.15) is 0 Å². The van der Waals surface area contributed by atoms with Crippen LogP contribution < -0.4 is 10.6 Å². The number of fused-ring (bicyclic) bond motifs is 1. The first-order valence-corrected chi connectivity index (χ1v) is 10.6. The molecule has 0 radical (unpaired) electrons. The summed E-state index contributed by atoms with van der Waals surface area (Å²) in [4.78, 5) is 32.1. The van der Waals surface area contributed by atoms with Crippen LogP contribution in [0.15, 0.2) is 32.6 Å². The lowest BCUT2D eigenvalue weighted by Crippen LogP contribution is -2.44. The summed E-state index contributed by atoms with van der Waals surface area (Å²) in [5.41, 5.74) is 0.973. The maximum atomic E-state index is 13.2. The number of likely N-dealkylation sites (tertiary alicyclic amines) is 1. The van der Waals surface area contributed by atoms with Crippen LogP contribution in [-0.4, -0.2) is 65.4 Å². The normalized spacial score (nSPS) is 19.1. The molecule has 31 heavy (non-hydrogen) atoms. The van der Waals surface area contributed by atoms with Gasteiger partial charge in [0.15, 0.2) is 0 Å². The molecule has 164 valence electrons. The molecule has 9 nitrogen and oxygen atoms in total. The van der Waals surface area contributed by atoms with Gasteiger partial charge in [0.05, 0.1) is 10.9 Å². The molecule has 0 aromatic carbocycles. The lowest BCUT2D eigenvalue weighted by Gasteiger charge is -2.33. The summed E-state index contributed by atoms with van der Waals surface area (Å²) in [6, 6.07) is 0.0704. The molecule has 2 aromatic rings. The molecule has 2 fully saturated rings. The first-order chi connectivity index (χ1) is 14.9. The minimum atomic E-state index is -0.149. The number of rotatable bonds is 7. The highest BCUT2D eigenvalue weighted by molar-refractivity contribution is 6.10. The van der Waals surface area contributed by atoms with E-state index in [0.717, 1.165) is 44.6 Å². The van der Waals surface area contributed by atoms with E-state index in [1.165, 1.54) is 6.33 Å². The zero-order valence-corrected chi connectivity index (χ0v) is 18.3. The van der Waals surface area contributed by atoms with Crippen LogP contribution in [0, 0.1) is 6.92 Å². The summed E-state index contributed by atoms with van der Waals surface area (Å²) in [5, 5.41) is 7.29. The fourth-order valence-corrected chi connectivity index (χ4v) is 3.92. The van der Waals surface area contributed by atoms with Gasteiger partial charge in [0.1, 0.15) is 23.7 Å². The maximum absolute atomic E-state index is 13.2. The third-order valence-electron chi connectivity index (χ3n) is 6.00. The molecule has 3 heterocycles. The van der Waals surface area contributed by atoms with Crippen molar-refractivity contribution in [2.45, 2.75) is 51.1 Å². The molecule has 1 aliphatic heterocycles. The molecule has 0 spiro atoms. The molecule has 0 bridgehead atoms. The number of furan rings is 1. The Bertz CT molecular complexity index is 1040. The van der Waals surface area contributed by atoms with E-state index >= 15 is 0 Å². The minimum Gasteiger partial charge on any atom is -0.442 e. The molecule has 2 aromatic heterocycles. The number of piperidine rings is 1. The quantitative estimate of drug-likeness (QED) is 0.663. The first-order valence-electron chi connectivity index (χ1n) is 10.6. The van der Waals surface area contributed by atoms with Gasteiger partial charge in [-0.1, -0.05) is 0 Å². The number of amides is 1. The fourth-order valence-electron chi connectivity index (χ4n) is 3.92. The van der Waals surface area contributed by atoms with Gasteiger partial charge in [-0.15, -0.1) is 0 Å². The van der Waals surface area contributed by atoms with Crippen molar-refractivity contribution >= 4 is 35.8 Å². The summed E-state index contributed by atoms with van der Waals surface area (Å²) in [6.45, 7) is 9.16. The average molecular weight is 424 g/mol. The third-order valence-corrected chi connectivity index (χ3v) is 6.00. The molecule has 1 saturated carbocycles. The van der Waals surface area contributed by atoms with Crippen molar-refractivity contribution < 1.29 is 9.21 Å². The van der Waals surface area contributed by atoms with Crippen LogP contribution in [0.4, 0.5) is 5.82 Å². The maximum Gasteiger partial charge on any atom is 0.255 e. The largest absolute Gasteiger partial charge is 0.442 e. The molecule has 4 rings (SSSR count). The summed E-state index contributed by atoms with van der Waals surface area (Å²) in [7, 11) is 1.72. The van der Waals surface area contributed by atoms with E-state index in [9.17, 15) is 4.79 Å². The van der Waals surface area contributed by atoms with Crippen molar-refractivity contribution in [2.75, 3.05) is 25.5 Å². The number of carbonyl (C=O) groups is 1. The number of allylic oxidation sites excluding steroid dienone is 1. The highest BCUT2D eigenvalue weighted by Gasteiger charge is 2.38. The second-order valence-corrected chi connectivity index (χ2v) is 8.45. The van der Waals surface area contributed by atoms with Crippen molar-refractivity contribution in [3.8, 4) is 0 Å². The number of nitrogens with zero attached hydrogens (tertiary/aromatic N) is 5. The first kappa shape index (κ1) is 21.0. The van der Waals surface area contributed by atoms with E-state index < -0.39 is 0 Å². The highest BCUT2D eigenvalue weighted by Crippen LogP contribution is 2.40. The number of aryl methyl sites for hydroxylation is 1. The predicted octanol–water partition coefficient (Wildman–Crippen LogP) is 2.93. The Hall–Kier alpha value is -3.23. The highest BCUT2D eigenvalue weighted by atomic mass is 16.3. The Morgan fingerprint density at radius 1 is 1.35 bits per heavy atom. The number of nitrogens with one attached hydrogen (secondary N) is 2. The zero-order valence-electron chi connectivity index (χ0n) is 18.3. The smallest absolute Gasteiger partial charge is 0.255 e. The number of hydrogen-bond acceptors (Lipinski definition) is 8. The Balaban J connectivity index is 1.48. The van der Waals surface area contributed by atoms with Crippen LogP contribution in [0.2, 0.25) is 0 Å². The van der Waals surface area contributed by atoms with Crippen LogP contribution in [0.1, 0.15) is 48.7 Å². The van der Waals surface area contributed by atoms with E-state index in [0.29, 0.717) is 28.2 Å². The third kappa shape index (κ3) is 4.45. The molecular weight excluding hydrogens is 394 g/mol. The number of aliphatic imine (C=N–C) groups is 2. The van der Waals surface area contributed by atoms with Crippen molar-refractivity contribution in [1.29, 1.82) is 0 Å². The van der Waals surface area contributed by atoms with E-state index in [4.69, 9.17) is 4.42 Å². The lowest BCUT2D eigenvalue weighted by molar-refractivity contribution is 0.0918. The number of carbonyl (C=O) groups excluding carboxylic acids is 1. The summed E-state index contributed by atoms with van der Waals surface area (Å²) < 4.78 is 5.79. The van der Waals surface area contributed by atoms with E-state index in [1.807, 2.05) is 6.08 Å². The molecule has 1 amide bonds. The van der Waals surface area contributed by atoms with Crippen molar-refractivity contribution in [3.63, 3.8) is 0 Å². The molecule has 0 unspecified atom stereocenters. The predicted molar refractivity (Wildman–Crippen MR) is 122 cm³/mol. The molecule has 1 aliphatic carbocycles. The van der Waals surface area contributed by atoms with Crippen molar-refractivity contribution in [3.05, 3.63) is 29.5 Å². The average Bonchev–Trinajstić information content (AvgIpc) is 3.37. The molecule has 9 heteroatoms. The Morgan fingerprint density at radius 3 is 2.74 bits per heavy atom. The second kappa shape index (κ2) is 8.49. The van der Waals surface area contributed by atoms with Gasteiger partial charge in [0, 0.05) is 37.9 Å². The fraction of sp³-hybridized carbons (Fsp3) is 0.500. The van der Waals surface area contributed by atoms with Gasteiger partial charge in [0.2, 0.25) is 5.71 Å². The number of hydrogen-bond donors (Lipinski definition) is 2. The molecule has 0 atom stereocenters. The summed E-state index contributed by atoms with van der Waals surface area (Å²) in [6.07, 6.45) is 8.82. The van der Waals surface area contributed by atoms with Gasteiger partial charge in [0.25, 0.3) is 5.91 Å². The molecule has 2 N–H and O–H groups in total. The SMILES string of the molecule is C=N/C(=C\C=N/C)N1CCC(NC(=O)c2c(C)oc3ncnc(NC4(C)CC4)c23)CC1. The Labute approximate surface area is 181 Å². The second-order valence-electron chi connectivity index (χ2n) is 8.45. The summed E-state index contributed by atoms with van der Waals surface area (Å²) in [5.74, 6) is 1.86. The monoisotopic (exact) mass is 423 g/mol. The zero-order chi connectivity index (χ0) is 22.0. The van der Waals surface area contributed by atoms with Crippen molar-refractivity contribution in [1.82, 2.24) is 20.2 Å². The molecule has 2 aliphatic rings. The lowest BCUT2D eigenvalue weighted by atomic mass is 10.0. The number of aromatic nitrogens is 2.